The monoisotopic (exact) mass is 324 g/mol. The van der Waals surface area contributed by atoms with E-state index in [1.165, 1.54) is 30.6 Å². The van der Waals surface area contributed by atoms with Crippen molar-refractivity contribution >= 4 is 21.6 Å². The zero-order valence-corrected chi connectivity index (χ0v) is 14.0. The van der Waals surface area contributed by atoms with E-state index in [0.717, 1.165) is 11.0 Å². The molecule has 3 heteroatoms. The molecule has 1 saturated heterocycles. The largest absolute Gasteiger partial charge is 0.371 e. The van der Waals surface area contributed by atoms with Crippen molar-refractivity contribution in [3.63, 3.8) is 0 Å². The van der Waals surface area contributed by atoms with Crippen LogP contribution in [0.3, 0.4) is 0 Å². The summed E-state index contributed by atoms with van der Waals surface area (Å²) in [5, 5.41) is 3.36. The van der Waals surface area contributed by atoms with Crippen LogP contribution in [0, 0.1) is 5.41 Å². The lowest BCUT2D eigenvalue weighted by molar-refractivity contribution is 0.292. The average molecular weight is 325 g/mol. The lowest BCUT2D eigenvalue weighted by Gasteiger charge is -2.40. The molecule has 2 nitrogen and oxygen atoms in total. The predicted octanol–water partition coefficient (Wildman–Crippen LogP) is 4.36. The molecule has 1 aliphatic heterocycles. The molecular weight excluding hydrogens is 300 g/mol. The molecule has 1 unspecified atom stereocenters. The Balaban J connectivity index is 2.34. The fourth-order valence-corrected chi connectivity index (χ4v) is 3.29. The summed E-state index contributed by atoms with van der Waals surface area (Å²) in [7, 11) is 2.02. The molecule has 1 aromatic carbocycles. The molecule has 0 radical (unpaired) electrons. The number of anilines is 1. The third-order valence-electron chi connectivity index (χ3n) is 4.13. The van der Waals surface area contributed by atoms with Crippen LogP contribution >= 0.6 is 15.9 Å². The van der Waals surface area contributed by atoms with Gasteiger partial charge in [0.15, 0.2) is 0 Å². The fraction of sp³-hybridized carbons (Fsp3) is 0.625. The first-order chi connectivity index (χ1) is 8.93. The van der Waals surface area contributed by atoms with Crippen LogP contribution in [0.25, 0.3) is 0 Å². The van der Waals surface area contributed by atoms with E-state index in [2.05, 4.69) is 65.1 Å². The predicted molar refractivity (Wildman–Crippen MR) is 86.8 cm³/mol. The molecule has 0 aliphatic carbocycles. The minimum absolute atomic E-state index is 0.383. The van der Waals surface area contributed by atoms with E-state index < -0.39 is 0 Å². The fourth-order valence-electron chi connectivity index (χ4n) is 2.94. The lowest BCUT2D eigenvalue weighted by Crippen LogP contribution is -2.40. The number of nitrogens with zero attached hydrogens (tertiary/aromatic N) is 1. The van der Waals surface area contributed by atoms with Gasteiger partial charge in [-0.3, -0.25) is 0 Å². The maximum Gasteiger partial charge on any atom is 0.0426 e. The van der Waals surface area contributed by atoms with Gasteiger partial charge in [-0.1, -0.05) is 35.8 Å². The molecule has 0 bridgehead atoms. The third kappa shape index (κ3) is 3.51. The lowest BCUT2D eigenvalue weighted by atomic mass is 9.83. The highest BCUT2D eigenvalue weighted by atomic mass is 79.9. The number of hydrogen-bond donors (Lipinski definition) is 1. The normalized spacial score (nSPS) is 20.4. The summed E-state index contributed by atoms with van der Waals surface area (Å²) in [5.74, 6) is 0. The van der Waals surface area contributed by atoms with Gasteiger partial charge in [0.1, 0.15) is 0 Å². The van der Waals surface area contributed by atoms with Gasteiger partial charge >= 0.3 is 0 Å². The van der Waals surface area contributed by atoms with E-state index in [1.807, 2.05) is 7.05 Å². The topological polar surface area (TPSA) is 15.3 Å². The number of halogens is 1. The molecular formula is C16H25BrN2. The van der Waals surface area contributed by atoms with E-state index in [1.54, 1.807) is 0 Å². The SMILES string of the molecule is CNC(C)c1ccc(Br)cc1N1CCCC(C)(C)C1. The first-order valence-corrected chi connectivity index (χ1v) is 7.94. The van der Waals surface area contributed by atoms with E-state index in [-0.39, 0.29) is 0 Å². The van der Waals surface area contributed by atoms with Gasteiger partial charge in [0.25, 0.3) is 0 Å². The van der Waals surface area contributed by atoms with Crippen LogP contribution in [0.2, 0.25) is 0 Å². The Morgan fingerprint density at radius 3 is 2.74 bits per heavy atom. The Bertz CT molecular complexity index is 442. The first kappa shape index (κ1) is 14.9. The summed E-state index contributed by atoms with van der Waals surface area (Å²) in [6.07, 6.45) is 2.61. The molecule has 1 heterocycles. The maximum atomic E-state index is 3.62. The third-order valence-corrected chi connectivity index (χ3v) is 4.63. The van der Waals surface area contributed by atoms with E-state index in [0.29, 0.717) is 11.5 Å². The molecule has 1 atom stereocenters. The van der Waals surface area contributed by atoms with Gasteiger partial charge < -0.3 is 10.2 Å². The van der Waals surface area contributed by atoms with Gasteiger partial charge in [-0.05, 0) is 49.9 Å². The quantitative estimate of drug-likeness (QED) is 0.888. The first-order valence-electron chi connectivity index (χ1n) is 7.14. The summed E-state index contributed by atoms with van der Waals surface area (Å²) >= 11 is 3.62. The molecule has 1 aromatic rings. The van der Waals surface area contributed by atoms with Gasteiger partial charge in [-0.25, -0.2) is 0 Å². The summed E-state index contributed by atoms with van der Waals surface area (Å²) < 4.78 is 1.16. The highest BCUT2D eigenvalue weighted by Crippen LogP contribution is 2.36. The number of benzene rings is 1. The highest BCUT2D eigenvalue weighted by molar-refractivity contribution is 9.10. The summed E-state index contributed by atoms with van der Waals surface area (Å²) in [4.78, 5) is 2.55. The maximum absolute atomic E-state index is 3.62. The standard InChI is InChI=1S/C16H25BrN2/c1-12(18-4)14-7-6-13(17)10-15(14)19-9-5-8-16(2,3)11-19/h6-7,10,12,18H,5,8-9,11H2,1-4H3. The number of piperidine rings is 1. The Morgan fingerprint density at radius 2 is 2.11 bits per heavy atom. The molecule has 1 aliphatic rings. The zero-order chi connectivity index (χ0) is 14.0. The van der Waals surface area contributed by atoms with Crippen molar-refractivity contribution in [3.05, 3.63) is 28.2 Å². The summed E-state index contributed by atoms with van der Waals surface area (Å²) in [5.41, 5.74) is 3.19. The molecule has 1 N–H and O–H groups in total. The smallest absolute Gasteiger partial charge is 0.0426 e. The van der Waals surface area contributed by atoms with Crippen molar-refractivity contribution < 1.29 is 0 Å². The Morgan fingerprint density at radius 1 is 1.37 bits per heavy atom. The van der Waals surface area contributed by atoms with Crippen molar-refractivity contribution in [1.29, 1.82) is 0 Å². The van der Waals surface area contributed by atoms with Crippen molar-refractivity contribution in [2.45, 2.75) is 39.7 Å². The molecule has 0 aromatic heterocycles. The van der Waals surface area contributed by atoms with E-state index in [4.69, 9.17) is 0 Å². The highest BCUT2D eigenvalue weighted by Gasteiger charge is 2.28. The molecule has 0 amide bonds. The van der Waals surface area contributed by atoms with Crippen molar-refractivity contribution in [2.75, 3.05) is 25.0 Å². The summed E-state index contributed by atoms with van der Waals surface area (Å²) in [6, 6.07) is 7.03. The molecule has 19 heavy (non-hydrogen) atoms. The minimum atomic E-state index is 0.383. The number of nitrogens with one attached hydrogen (secondary N) is 1. The van der Waals surface area contributed by atoms with Crippen LogP contribution in [0.4, 0.5) is 5.69 Å². The van der Waals surface area contributed by atoms with Crippen molar-refractivity contribution in [3.8, 4) is 0 Å². The second-order valence-electron chi connectivity index (χ2n) is 6.40. The van der Waals surface area contributed by atoms with Crippen LogP contribution in [0.1, 0.15) is 45.2 Å². The molecule has 2 rings (SSSR count). The molecule has 1 fully saturated rings. The van der Waals surface area contributed by atoms with Gasteiger partial charge in [0.05, 0.1) is 0 Å². The van der Waals surface area contributed by atoms with Gasteiger partial charge in [-0.15, -0.1) is 0 Å². The molecule has 0 spiro atoms. The van der Waals surface area contributed by atoms with Crippen LogP contribution in [0.5, 0.6) is 0 Å². The van der Waals surface area contributed by atoms with Crippen LogP contribution < -0.4 is 10.2 Å². The van der Waals surface area contributed by atoms with Gasteiger partial charge in [0, 0.05) is 29.3 Å². The second kappa shape index (κ2) is 5.84. The molecule has 106 valence electrons. The van der Waals surface area contributed by atoms with Crippen LogP contribution in [0.15, 0.2) is 22.7 Å². The van der Waals surface area contributed by atoms with Gasteiger partial charge in [-0.2, -0.15) is 0 Å². The van der Waals surface area contributed by atoms with E-state index >= 15 is 0 Å². The molecule has 0 saturated carbocycles. The van der Waals surface area contributed by atoms with Crippen LogP contribution in [-0.4, -0.2) is 20.1 Å². The number of hydrogen-bond acceptors (Lipinski definition) is 2. The van der Waals surface area contributed by atoms with E-state index in [9.17, 15) is 0 Å². The second-order valence-corrected chi connectivity index (χ2v) is 7.32. The Kier molecular flexibility index (Phi) is 4.57. The Labute approximate surface area is 125 Å². The minimum Gasteiger partial charge on any atom is -0.371 e. The summed E-state index contributed by atoms with van der Waals surface area (Å²) in [6.45, 7) is 9.29. The van der Waals surface area contributed by atoms with Crippen LogP contribution in [-0.2, 0) is 0 Å². The Hall–Kier alpha value is -0.540. The van der Waals surface area contributed by atoms with Crippen molar-refractivity contribution in [2.24, 2.45) is 5.41 Å². The van der Waals surface area contributed by atoms with Gasteiger partial charge in [0.2, 0.25) is 0 Å². The average Bonchev–Trinajstić information content (AvgIpc) is 2.36. The number of rotatable bonds is 3. The zero-order valence-electron chi connectivity index (χ0n) is 12.5. The van der Waals surface area contributed by atoms with Crippen molar-refractivity contribution in [1.82, 2.24) is 5.32 Å².